The van der Waals surface area contributed by atoms with E-state index in [4.69, 9.17) is 0 Å². The Labute approximate surface area is 113 Å². The number of rotatable bonds is 3. The smallest absolute Gasteiger partial charge is 0.406 e. The van der Waals surface area contributed by atoms with Crippen LogP contribution >= 0.6 is 0 Å². The van der Waals surface area contributed by atoms with E-state index in [1.54, 1.807) is 6.92 Å². The fourth-order valence-electron chi connectivity index (χ4n) is 1.74. The van der Waals surface area contributed by atoms with Crippen LogP contribution in [0.25, 0.3) is 0 Å². The van der Waals surface area contributed by atoms with Crippen molar-refractivity contribution in [2.24, 2.45) is 0 Å². The number of ether oxygens (including phenoxy) is 1. The number of alkyl halides is 3. The molecule has 0 N–H and O–H groups in total. The van der Waals surface area contributed by atoms with Crippen LogP contribution < -0.4 is 4.74 Å². The minimum Gasteiger partial charge on any atom is -0.406 e. The van der Waals surface area contributed by atoms with Gasteiger partial charge in [0.15, 0.2) is 5.78 Å². The average Bonchev–Trinajstić information content (AvgIpc) is 2.36. The number of halogens is 3. The first kappa shape index (κ1) is 14.0. The molecule has 2 aromatic rings. The van der Waals surface area contributed by atoms with Crippen LogP contribution in [-0.4, -0.2) is 17.1 Å². The van der Waals surface area contributed by atoms with Gasteiger partial charge in [-0.25, -0.2) is 0 Å². The van der Waals surface area contributed by atoms with Gasteiger partial charge in [0.25, 0.3) is 0 Å². The van der Waals surface area contributed by atoms with E-state index in [-0.39, 0.29) is 11.3 Å². The first-order chi connectivity index (χ1) is 9.35. The van der Waals surface area contributed by atoms with Crippen LogP contribution in [0.15, 0.2) is 42.7 Å². The normalized spacial score (nSPS) is 11.2. The molecule has 0 spiro atoms. The standard InChI is InChI=1S/C14H10F3NO2/c1-9-6-11(8-12(7-9)20-14(15,16)17)13(19)10-2-4-18-5-3-10/h2-8H,1H3. The lowest BCUT2D eigenvalue weighted by Gasteiger charge is -2.11. The van der Waals surface area contributed by atoms with Gasteiger partial charge in [-0.05, 0) is 42.8 Å². The van der Waals surface area contributed by atoms with Crippen molar-refractivity contribution in [2.45, 2.75) is 13.3 Å². The van der Waals surface area contributed by atoms with E-state index in [1.807, 2.05) is 0 Å². The molecule has 1 aromatic carbocycles. The van der Waals surface area contributed by atoms with Crippen LogP contribution in [-0.2, 0) is 0 Å². The molecule has 2 rings (SSSR count). The fraction of sp³-hybridized carbons (Fsp3) is 0.143. The molecule has 1 aromatic heterocycles. The van der Waals surface area contributed by atoms with E-state index in [1.165, 1.54) is 36.7 Å². The van der Waals surface area contributed by atoms with Crippen LogP contribution in [0.3, 0.4) is 0 Å². The Balaban J connectivity index is 2.35. The molecule has 0 radical (unpaired) electrons. The van der Waals surface area contributed by atoms with Gasteiger partial charge in [0.05, 0.1) is 0 Å². The molecule has 1 heterocycles. The number of nitrogens with zero attached hydrogens (tertiary/aromatic N) is 1. The third-order valence-electron chi connectivity index (χ3n) is 2.49. The van der Waals surface area contributed by atoms with Crippen molar-refractivity contribution in [3.8, 4) is 5.75 Å². The summed E-state index contributed by atoms with van der Waals surface area (Å²) in [6.07, 6.45) is -1.91. The van der Waals surface area contributed by atoms with Gasteiger partial charge in [-0.15, -0.1) is 13.2 Å². The zero-order valence-electron chi connectivity index (χ0n) is 10.4. The zero-order valence-corrected chi connectivity index (χ0v) is 10.4. The maximum absolute atomic E-state index is 12.2. The second-order valence-electron chi connectivity index (χ2n) is 4.15. The number of hydrogen-bond donors (Lipinski definition) is 0. The highest BCUT2D eigenvalue weighted by molar-refractivity contribution is 6.09. The molecule has 0 aliphatic rings. The highest BCUT2D eigenvalue weighted by atomic mass is 19.4. The molecule has 0 amide bonds. The summed E-state index contributed by atoms with van der Waals surface area (Å²) in [6, 6.07) is 6.79. The van der Waals surface area contributed by atoms with Crippen molar-refractivity contribution < 1.29 is 22.7 Å². The van der Waals surface area contributed by atoms with Crippen LogP contribution in [0.2, 0.25) is 0 Å². The third-order valence-corrected chi connectivity index (χ3v) is 2.49. The summed E-state index contributed by atoms with van der Waals surface area (Å²) in [5.41, 5.74) is 0.989. The van der Waals surface area contributed by atoms with E-state index in [9.17, 15) is 18.0 Å². The topological polar surface area (TPSA) is 39.2 Å². The Morgan fingerprint density at radius 1 is 1.10 bits per heavy atom. The number of ketones is 1. The van der Waals surface area contributed by atoms with E-state index in [0.29, 0.717) is 11.1 Å². The Hall–Kier alpha value is -2.37. The van der Waals surface area contributed by atoms with Crippen molar-refractivity contribution >= 4 is 5.78 Å². The number of carbonyl (C=O) groups is 1. The van der Waals surface area contributed by atoms with E-state index in [0.717, 1.165) is 6.07 Å². The van der Waals surface area contributed by atoms with E-state index < -0.39 is 12.1 Å². The van der Waals surface area contributed by atoms with Gasteiger partial charge in [-0.3, -0.25) is 9.78 Å². The minimum absolute atomic E-state index is 0.135. The number of hydrogen-bond acceptors (Lipinski definition) is 3. The Kier molecular flexibility index (Phi) is 3.74. The molecule has 6 heteroatoms. The van der Waals surface area contributed by atoms with Gasteiger partial charge in [0, 0.05) is 23.5 Å². The SMILES string of the molecule is Cc1cc(OC(F)(F)F)cc(C(=O)c2ccncc2)c1. The third kappa shape index (κ3) is 3.57. The molecular formula is C14H10F3NO2. The highest BCUT2D eigenvalue weighted by Crippen LogP contribution is 2.25. The zero-order chi connectivity index (χ0) is 14.8. The molecular weight excluding hydrogens is 271 g/mol. The summed E-state index contributed by atoms with van der Waals surface area (Å²) >= 11 is 0. The molecule has 104 valence electrons. The molecule has 0 saturated heterocycles. The molecule has 0 aliphatic carbocycles. The maximum atomic E-state index is 12.2. The molecule has 0 unspecified atom stereocenters. The molecule has 0 atom stereocenters. The van der Waals surface area contributed by atoms with Gasteiger partial charge in [0.2, 0.25) is 0 Å². The van der Waals surface area contributed by atoms with Gasteiger partial charge in [-0.1, -0.05) is 0 Å². The monoisotopic (exact) mass is 281 g/mol. The van der Waals surface area contributed by atoms with Gasteiger partial charge in [0.1, 0.15) is 5.75 Å². The lowest BCUT2D eigenvalue weighted by atomic mass is 10.0. The van der Waals surface area contributed by atoms with Crippen molar-refractivity contribution in [1.82, 2.24) is 4.98 Å². The van der Waals surface area contributed by atoms with E-state index in [2.05, 4.69) is 9.72 Å². The Bertz CT molecular complexity index is 624. The van der Waals surface area contributed by atoms with Crippen LogP contribution in [0.5, 0.6) is 5.75 Å². The van der Waals surface area contributed by atoms with Crippen molar-refractivity contribution in [1.29, 1.82) is 0 Å². The highest BCUT2D eigenvalue weighted by Gasteiger charge is 2.31. The lowest BCUT2D eigenvalue weighted by molar-refractivity contribution is -0.274. The largest absolute Gasteiger partial charge is 0.573 e. The van der Waals surface area contributed by atoms with Gasteiger partial charge in [-0.2, -0.15) is 0 Å². The Morgan fingerprint density at radius 3 is 2.35 bits per heavy atom. The van der Waals surface area contributed by atoms with Crippen molar-refractivity contribution in [3.05, 3.63) is 59.4 Å². The molecule has 0 aliphatic heterocycles. The fourth-order valence-corrected chi connectivity index (χ4v) is 1.74. The number of carbonyl (C=O) groups excluding carboxylic acids is 1. The number of aryl methyl sites for hydroxylation is 1. The van der Waals surface area contributed by atoms with Crippen molar-refractivity contribution in [3.63, 3.8) is 0 Å². The molecule has 0 fully saturated rings. The molecule has 20 heavy (non-hydrogen) atoms. The van der Waals surface area contributed by atoms with Gasteiger partial charge >= 0.3 is 6.36 Å². The average molecular weight is 281 g/mol. The van der Waals surface area contributed by atoms with Crippen LogP contribution in [0.4, 0.5) is 13.2 Å². The summed E-state index contributed by atoms with van der Waals surface area (Å²) in [6.45, 7) is 1.59. The van der Waals surface area contributed by atoms with E-state index >= 15 is 0 Å². The lowest BCUT2D eigenvalue weighted by Crippen LogP contribution is -2.17. The summed E-state index contributed by atoms with van der Waals surface area (Å²) in [7, 11) is 0. The van der Waals surface area contributed by atoms with Gasteiger partial charge < -0.3 is 4.74 Å². The number of benzene rings is 1. The first-order valence-electron chi connectivity index (χ1n) is 5.67. The predicted octanol–water partition coefficient (Wildman–Crippen LogP) is 3.52. The summed E-state index contributed by atoms with van der Waals surface area (Å²) in [5, 5.41) is 0. The van der Waals surface area contributed by atoms with Crippen LogP contribution in [0, 0.1) is 6.92 Å². The first-order valence-corrected chi connectivity index (χ1v) is 5.67. The second kappa shape index (κ2) is 5.32. The summed E-state index contributed by atoms with van der Waals surface area (Å²) < 4.78 is 40.5. The van der Waals surface area contributed by atoms with Crippen molar-refractivity contribution in [2.75, 3.05) is 0 Å². The molecule has 3 nitrogen and oxygen atoms in total. The van der Waals surface area contributed by atoms with Crippen LogP contribution in [0.1, 0.15) is 21.5 Å². The number of pyridine rings is 1. The molecule has 0 saturated carbocycles. The number of aromatic nitrogens is 1. The quantitative estimate of drug-likeness (QED) is 0.808. The second-order valence-corrected chi connectivity index (χ2v) is 4.15. The summed E-state index contributed by atoms with van der Waals surface area (Å²) in [4.78, 5) is 15.9. The Morgan fingerprint density at radius 2 is 1.75 bits per heavy atom. The predicted molar refractivity (Wildman–Crippen MR) is 65.5 cm³/mol. The minimum atomic E-state index is -4.79. The maximum Gasteiger partial charge on any atom is 0.573 e. The summed E-state index contributed by atoms with van der Waals surface area (Å²) in [5.74, 6) is -0.793. The molecule has 0 bridgehead atoms.